The lowest BCUT2D eigenvalue weighted by Gasteiger charge is -2.46. The van der Waals surface area contributed by atoms with Crippen LogP contribution in [0.3, 0.4) is 0 Å². The highest BCUT2D eigenvalue weighted by Gasteiger charge is 2.33. The zero-order chi connectivity index (χ0) is 17.5. The van der Waals surface area contributed by atoms with E-state index in [0.717, 1.165) is 13.1 Å². The van der Waals surface area contributed by atoms with E-state index < -0.39 is 0 Å². The first kappa shape index (κ1) is 18.7. The van der Waals surface area contributed by atoms with E-state index in [4.69, 9.17) is 0 Å². The van der Waals surface area contributed by atoms with E-state index in [2.05, 4.69) is 91.4 Å². The van der Waals surface area contributed by atoms with Crippen LogP contribution in [0.2, 0.25) is 0 Å². The molecule has 1 saturated heterocycles. The molecule has 1 aliphatic rings. The Morgan fingerprint density at radius 1 is 0.750 bits per heavy atom. The van der Waals surface area contributed by atoms with Crippen LogP contribution in [-0.4, -0.2) is 42.0 Å². The molecule has 130 valence electrons. The van der Waals surface area contributed by atoms with Crippen LogP contribution in [0.15, 0.2) is 60.7 Å². The Morgan fingerprint density at radius 3 is 1.67 bits per heavy atom. The highest BCUT2D eigenvalue weighted by Crippen LogP contribution is 2.32. The van der Waals surface area contributed by atoms with Gasteiger partial charge in [0.15, 0.2) is 0 Å². The minimum Gasteiger partial charge on any atom is -0.301 e. The molecule has 1 heterocycles. The molecule has 24 heavy (non-hydrogen) atoms. The van der Waals surface area contributed by atoms with Crippen molar-refractivity contribution in [3.63, 3.8) is 0 Å². The average Bonchev–Trinajstić information content (AvgIpc) is 2.63. The molecule has 2 aromatic carbocycles. The molecule has 0 saturated carbocycles. The van der Waals surface area contributed by atoms with Gasteiger partial charge in [0.25, 0.3) is 0 Å². The lowest BCUT2D eigenvalue weighted by molar-refractivity contribution is 0.0390. The first-order valence-electron chi connectivity index (χ1n) is 9.22. The van der Waals surface area contributed by atoms with E-state index in [1.165, 1.54) is 11.1 Å². The van der Waals surface area contributed by atoms with Gasteiger partial charge < -0.3 is 4.90 Å². The van der Waals surface area contributed by atoms with Gasteiger partial charge in [-0.25, -0.2) is 0 Å². The molecule has 0 bridgehead atoms. The normalized spacial score (nSPS) is 22.1. The summed E-state index contributed by atoms with van der Waals surface area (Å²) in [6, 6.07) is 23.3. The molecular weight excluding hydrogens is 292 g/mol. The Hall–Kier alpha value is -1.64. The first-order valence-corrected chi connectivity index (χ1v) is 9.22. The number of nitrogens with zero attached hydrogens (tertiary/aromatic N) is 2. The van der Waals surface area contributed by atoms with Gasteiger partial charge in [-0.2, -0.15) is 0 Å². The fraction of sp³-hybridized carbons (Fsp3) is 0.455. The number of benzene rings is 2. The van der Waals surface area contributed by atoms with Crippen LogP contribution in [0.1, 0.15) is 44.9 Å². The van der Waals surface area contributed by atoms with E-state index in [1.54, 1.807) is 0 Å². The summed E-state index contributed by atoms with van der Waals surface area (Å²) in [6.07, 6.45) is 0. The highest BCUT2D eigenvalue weighted by molar-refractivity contribution is 5.32. The molecule has 0 unspecified atom stereocenters. The van der Waals surface area contributed by atoms with Gasteiger partial charge in [0.05, 0.1) is 6.04 Å². The van der Waals surface area contributed by atoms with Gasteiger partial charge in [-0.1, -0.05) is 74.5 Å². The van der Waals surface area contributed by atoms with E-state index >= 15 is 0 Å². The quantitative estimate of drug-likeness (QED) is 0.798. The smallest absolute Gasteiger partial charge is 0.0605 e. The number of hydrogen-bond acceptors (Lipinski definition) is 2. The third-order valence-corrected chi connectivity index (χ3v) is 4.91. The van der Waals surface area contributed by atoms with E-state index in [9.17, 15) is 0 Å². The van der Waals surface area contributed by atoms with Crippen molar-refractivity contribution >= 4 is 0 Å². The Kier molecular flexibility index (Phi) is 7.01. The van der Waals surface area contributed by atoms with Crippen LogP contribution < -0.4 is 0 Å². The largest absolute Gasteiger partial charge is 0.301 e. The molecule has 2 nitrogen and oxygen atoms in total. The van der Waals surface area contributed by atoms with Crippen LogP contribution in [0.5, 0.6) is 0 Å². The lowest BCUT2D eigenvalue weighted by atomic mass is 9.94. The predicted octanol–water partition coefficient (Wildman–Crippen LogP) is 4.83. The summed E-state index contributed by atoms with van der Waals surface area (Å²) in [5.41, 5.74) is 2.77. The standard InChI is InChI=1S/C20H26N2.C2H6/c1-16-15-22(17(2)14-21(16)3)20(18-10-6-4-7-11-18)19-12-8-5-9-13-19;1-2/h4-13,16-17,20H,14-15H2,1-3H3;1-2H3/t16-,17+;/m1./s1. The van der Waals surface area contributed by atoms with Crippen molar-refractivity contribution in [1.82, 2.24) is 9.80 Å². The lowest BCUT2D eigenvalue weighted by Crippen LogP contribution is -2.55. The summed E-state index contributed by atoms with van der Waals surface area (Å²) < 4.78 is 0. The maximum atomic E-state index is 2.66. The van der Waals surface area contributed by atoms with Crippen LogP contribution in [0.4, 0.5) is 0 Å². The van der Waals surface area contributed by atoms with Crippen molar-refractivity contribution in [3.8, 4) is 0 Å². The zero-order valence-electron chi connectivity index (χ0n) is 15.8. The first-order chi connectivity index (χ1) is 11.7. The Balaban J connectivity index is 0.00000100. The van der Waals surface area contributed by atoms with Gasteiger partial charge in [0.2, 0.25) is 0 Å². The molecule has 0 radical (unpaired) electrons. The number of likely N-dealkylation sites (N-methyl/N-ethyl adjacent to an activating group) is 1. The van der Waals surface area contributed by atoms with Crippen molar-refractivity contribution < 1.29 is 0 Å². The molecule has 2 heteroatoms. The molecular formula is C22H32N2. The summed E-state index contributed by atoms with van der Waals surface area (Å²) in [5.74, 6) is 0. The van der Waals surface area contributed by atoms with Crippen molar-refractivity contribution in [2.75, 3.05) is 20.1 Å². The second kappa shape index (κ2) is 9.00. The average molecular weight is 325 g/mol. The van der Waals surface area contributed by atoms with Gasteiger partial charge in [-0.15, -0.1) is 0 Å². The summed E-state index contributed by atoms with van der Waals surface area (Å²) in [5, 5.41) is 0. The van der Waals surface area contributed by atoms with Crippen molar-refractivity contribution in [2.24, 2.45) is 0 Å². The molecule has 0 amide bonds. The molecule has 0 aliphatic carbocycles. The van der Waals surface area contributed by atoms with Gasteiger partial charge in [-0.3, -0.25) is 4.90 Å². The summed E-state index contributed by atoms with van der Waals surface area (Å²) in [7, 11) is 2.23. The molecule has 1 fully saturated rings. The second-order valence-corrected chi connectivity index (χ2v) is 6.56. The molecule has 2 atom stereocenters. The van der Waals surface area contributed by atoms with Crippen LogP contribution >= 0.6 is 0 Å². The number of rotatable bonds is 3. The zero-order valence-corrected chi connectivity index (χ0v) is 15.8. The second-order valence-electron chi connectivity index (χ2n) is 6.56. The molecule has 2 aromatic rings. The van der Waals surface area contributed by atoms with Crippen LogP contribution in [0, 0.1) is 0 Å². The van der Waals surface area contributed by atoms with Crippen LogP contribution in [0.25, 0.3) is 0 Å². The van der Waals surface area contributed by atoms with E-state index in [0.29, 0.717) is 18.1 Å². The maximum absolute atomic E-state index is 2.66. The maximum Gasteiger partial charge on any atom is 0.0605 e. The fourth-order valence-corrected chi connectivity index (χ4v) is 3.53. The summed E-state index contributed by atoms with van der Waals surface area (Å²) in [4.78, 5) is 5.13. The number of hydrogen-bond donors (Lipinski definition) is 0. The van der Waals surface area contributed by atoms with Gasteiger partial charge in [-0.05, 0) is 32.0 Å². The van der Waals surface area contributed by atoms with Gasteiger partial charge in [0, 0.05) is 25.2 Å². The minimum absolute atomic E-state index is 0.341. The topological polar surface area (TPSA) is 6.48 Å². The summed E-state index contributed by atoms with van der Waals surface area (Å²) in [6.45, 7) is 10.9. The van der Waals surface area contributed by atoms with Crippen molar-refractivity contribution in [2.45, 2.75) is 45.8 Å². The molecule has 0 spiro atoms. The Morgan fingerprint density at radius 2 is 1.21 bits per heavy atom. The third-order valence-electron chi connectivity index (χ3n) is 4.91. The fourth-order valence-electron chi connectivity index (χ4n) is 3.53. The highest BCUT2D eigenvalue weighted by atomic mass is 15.3. The molecule has 1 aliphatic heterocycles. The summed E-state index contributed by atoms with van der Waals surface area (Å²) >= 11 is 0. The Labute approximate surface area is 148 Å². The minimum atomic E-state index is 0.341. The predicted molar refractivity (Wildman–Crippen MR) is 104 cm³/mol. The van der Waals surface area contributed by atoms with Crippen molar-refractivity contribution in [1.29, 1.82) is 0 Å². The third kappa shape index (κ3) is 4.25. The monoisotopic (exact) mass is 324 g/mol. The molecule has 3 rings (SSSR count). The molecule has 0 aromatic heterocycles. The van der Waals surface area contributed by atoms with Gasteiger partial charge in [0.1, 0.15) is 0 Å². The van der Waals surface area contributed by atoms with Crippen molar-refractivity contribution in [3.05, 3.63) is 71.8 Å². The molecule has 0 N–H and O–H groups in total. The van der Waals surface area contributed by atoms with E-state index in [1.807, 2.05) is 13.8 Å². The van der Waals surface area contributed by atoms with E-state index in [-0.39, 0.29) is 0 Å². The van der Waals surface area contributed by atoms with Crippen LogP contribution in [-0.2, 0) is 0 Å². The number of piperazine rings is 1. The van der Waals surface area contributed by atoms with Gasteiger partial charge >= 0.3 is 0 Å². The Bertz CT molecular complexity index is 542. The SMILES string of the molecule is CC.C[C@@H]1CN(C(c2ccccc2)c2ccccc2)[C@@H](C)CN1C.